The molecule has 0 bridgehead atoms. The van der Waals surface area contributed by atoms with Gasteiger partial charge in [-0.15, -0.1) is 22.7 Å². The van der Waals surface area contributed by atoms with Crippen LogP contribution in [0, 0.1) is 13.8 Å². The lowest BCUT2D eigenvalue weighted by Gasteiger charge is -2.33. The maximum absolute atomic E-state index is 5.68. The number of aryl methyl sites for hydroxylation is 2. The number of rotatable bonds is 29. The molecular weight excluding hydrogens is 953 g/mol. The predicted molar refractivity (Wildman–Crippen MR) is 324 cm³/mol. The standard InChI is InChI=1S/C69H82N2O2S2/c1-7-9-11-13-15-17-19-21-23-25-45-69(46-26-24-22-20-18-16-14-12-10-8-2)60-47-49(3)27-38-56(60)57-39-33-53(48-61(57)69)62-43-44-64(75-62)59-41-40-58(63-42-28-50(4)74-63)67-68(59)71-66(52-31-36-55(73-6)37-32-52)65(70-67)51-29-34-54(72-5)35-30-51/h27-44,47-48H,7-26,45-46H2,1-6H3. The normalized spacial score (nSPS) is 12.6. The van der Waals surface area contributed by atoms with Crippen LogP contribution >= 0.6 is 22.7 Å². The minimum atomic E-state index is 0.0221. The molecule has 5 aromatic carbocycles. The van der Waals surface area contributed by atoms with Gasteiger partial charge in [0.25, 0.3) is 0 Å². The highest BCUT2D eigenvalue weighted by Gasteiger charge is 2.42. The maximum atomic E-state index is 5.68. The monoisotopic (exact) mass is 1030 g/mol. The second-order valence-electron chi connectivity index (χ2n) is 21.6. The zero-order valence-electron chi connectivity index (χ0n) is 46.1. The number of hydrogen-bond acceptors (Lipinski definition) is 6. The zero-order valence-corrected chi connectivity index (χ0v) is 47.8. The van der Waals surface area contributed by atoms with E-state index in [-0.39, 0.29) is 5.41 Å². The summed E-state index contributed by atoms with van der Waals surface area (Å²) in [5.74, 6) is 1.61. The van der Waals surface area contributed by atoms with Gasteiger partial charge in [0.05, 0.1) is 36.6 Å². The molecule has 0 N–H and O–H groups in total. The van der Waals surface area contributed by atoms with Crippen molar-refractivity contribution < 1.29 is 9.47 Å². The van der Waals surface area contributed by atoms with E-state index in [1.807, 2.05) is 35.6 Å². The van der Waals surface area contributed by atoms with Gasteiger partial charge < -0.3 is 9.47 Å². The van der Waals surface area contributed by atoms with Gasteiger partial charge in [0.15, 0.2) is 0 Å². The third-order valence-electron chi connectivity index (χ3n) is 16.1. The number of methoxy groups -OCH3 is 2. The molecule has 0 atom stereocenters. The van der Waals surface area contributed by atoms with E-state index < -0.39 is 0 Å². The third kappa shape index (κ3) is 12.8. The number of thiophene rings is 2. The summed E-state index contributed by atoms with van der Waals surface area (Å²) < 4.78 is 11.2. The highest BCUT2D eigenvalue weighted by molar-refractivity contribution is 7.19. The van der Waals surface area contributed by atoms with Crippen LogP contribution in [0.2, 0.25) is 0 Å². The van der Waals surface area contributed by atoms with Gasteiger partial charge in [-0.3, -0.25) is 0 Å². The number of aromatic nitrogens is 2. The van der Waals surface area contributed by atoms with Crippen molar-refractivity contribution in [2.75, 3.05) is 14.2 Å². The van der Waals surface area contributed by atoms with Crippen LogP contribution < -0.4 is 9.47 Å². The van der Waals surface area contributed by atoms with Gasteiger partial charge in [0.1, 0.15) is 11.5 Å². The summed E-state index contributed by atoms with van der Waals surface area (Å²) >= 11 is 3.68. The van der Waals surface area contributed by atoms with Gasteiger partial charge in [-0.2, -0.15) is 0 Å². The first kappa shape index (κ1) is 54.2. The molecule has 0 aliphatic heterocycles. The van der Waals surface area contributed by atoms with Crippen LogP contribution in [0.25, 0.3) is 76.0 Å². The molecule has 1 aliphatic rings. The molecule has 0 saturated heterocycles. The molecule has 392 valence electrons. The summed E-state index contributed by atoms with van der Waals surface area (Å²) in [4.78, 5) is 16.3. The van der Waals surface area contributed by atoms with Gasteiger partial charge in [0.2, 0.25) is 0 Å². The molecule has 3 heterocycles. The number of unbranched alkanes of at least 4 members (excludes halogenated alkanes) is 18. The Morgan fingerprint density at radius 1 is 0.387 bits per heavy atom. The summed E-state index contributed by atoms with van der Waals surface area (Å²) in [5.41, 5.74) is 16.4. The lowest BCUT2D eigenvalue weighted by molar-refractivity contribution is 0.397. The number of nitrogens with zero attached hydrogens (tertiary/aromatic N) is 2. The third-order valence-corrected chi connectivity index (χ3v) is 18.3. The van der Waals surface area contributed by atoms with Crippen LogP contribution in [0.15, 0.2) is 121 Å². The Hall–Kier alpha value is -5.56. The van der Waals surface area contributed by atoms with Crippen LogP contribution in [0.5, 0.6) is 11.5 Å². The Balaban J connectivity index is 1.07. The maximum Gasteiger partial charge on any atom is 0.118 e. The molecule has 0 saturated carbocycles. The van der Waals surface area contributed by atoms with E-state index in [2.05, 4.69) is 125 Å². The lowest BCUT2D eigenvalue weighted by atomic mass is 9.70. The van der Waals surface area contributed by atoms with E-state index in [0.717, 1.165) is 56.2 Å². The van der Waals surface area contributed by atoms with Crippen LogP contribution in [0.1, 0.15) is 177 Å². The molecule has 1 aliphatic carbocycles. The van der Waals surface area contributed by atoms with Crippen LogP contribution in [0.4, 0.5) is 0 Å². The average molecular weight is 1040 g/mol. The summed E-state index contributed by atoms with van der Waals surface area (Å²) in [6.45, 7) is 9.10. The van der Waals surface area contributed by atoms with Gasteiger partial charge in [0, 0.05) is 47.2 Å². The van der Waals surface area contributed by atoms with Gasteiger partial charge >= 0.3 is 0 Å². The molecule has 9 rings (SSSR count). The predicted octanol–water partition coefficient (Wildman–Crippen LogP) is 21.6. The van der Waals surface area contributed by atoms with E-state index in [0.29, 0.717) is 0 Å². The SMILES string of the molecule is CCCCCCCCCCCCC1(CCCCCCCCCCCC)c2cc(C)ccc2-c2ccc(-c3ccc(-c4ccc(-c5ccc(C)s5)c5nc(-c6ccc(OC)cc6)c(-c6ccc(OC)cc6)nc45)s3)cc21. The van der Waals surface area contributed by atoms with Crippen LogP contribution in [0.3, 0.4) is 0 Å². The number of fused-ring (bicyclic) bond motifs is 4. The minimum Gasteiger partial charge on any atom is -0.497 e. The summed E-state index contributed by atoms with van der Waals surface area (Å²) in [6, 6.07) is 44.9. The quantitative estimate of drug-likeness (QED) is 0.0439. The highest BCUT2D eigenvalue weighted by Crippen LogP contribution is 2.56. The van der Waals surface area contributed by atoms with E-state index in [9.17, 15) is 0 Å². The van der Waals surface area contributed by atoms with Crippen molar-refractivity contribution in [3.8, 4) is 76.5 Å². The van der Waals surface area contributed by atoms with Gasteiger partial charge in [-0.25, -0.2) is 9.97 Å². The first-order valence-corrected chi connectivity index (χ1v) is 30.5. The van der Waals surface area contributed by atoms with Crippen molar-refractivity contribution in [3.63, 3.8) is 0 Å². The van der Waals surface area contributed by atoms with Crippen molar-refractivity contribution in [3.05, 3.63) is 143 Å². The topological polar surface area (TPSA) is 44.2 Å². The first-order valence-electron chi connectivity index (χ1n) is 28.9. The molecular formula is C69H82N2O2S2. The fourth-order valence-electron chi connectivity index (χ4n) is 11.9. The Morgan fingerprint density at radius 3 is 1.25 bits per heavy atom. The smallest absolute Gasteiger partial charge is 0.118 e. The number of ether oxygens (including phenoxy) is 2. The molecule has 0 unspecified atom stereocenters. The van der Waals surface area contributed by atoms with Crippen molar-refractivity contribution in [2.24, 2.45) is 0 Å². The zero-order chi connectivity index (χ0) is 52.0. The van der Waals surface area contributed by atoms with E-state index in [4.69, 9.17) is 19.4 Å². The molecule has 0 radical (unpaired) electrons. The Labute approximate surface area is 458 Å². The van der Waals surface area contributed by atoms with Crippen molar-refractivity contribution in [1.82, 2.24) is 9.97 Å². The number of hydrogen-bond donors (Lipinski definition) is 0. The largest absolute Gasteiger partial charge is 0.497 e. The molecule has 6 heteroatoms. The van der Waals surface area contributed by atoms with Crippen LogP contribution in [-0.4, -0.2) is 24.2 Å². The summed E-state index contributed by atoms with van der Waals surface area (Å²) in [6.07, 6.45) is 29.7. The molecule has 8 aromatic rings. The van der Waals surface area contributed by atoms with Crippen molar-refractivity contribution in [1.29, 1.82) is 0 Å². The molecule has 0 fully saturated rings. The van der Waals surface area contributed by atoms with Crippen molar-refractivity contribution in [2.45, 2.75) is 174 Å². The molecule has 75 heavy (non-hydrogen) atoms. The van der Waals surface area contributed by atoms with E-state index in [1.54, 1.807) is 36.7 Å². The second-order valence-corrected chi connectivity index (χ2v) is 23.9. The Kier molecular flexibility index (Phi) is 19.1. The van der Waals surface area contributed by atoms with Crippen molar-refractivity contribution >= 4 is 33.7 Å². The highest BCUT2D eigenvalue weighted by atomic mass is 32.1. The lowest BCUT2D eigenvalue weighted by Crippen LogP contribution is -2.25. The summed E-state index contributed by atoms with van der Waals surface area (Å²) in [7, 11) is 3.42. The van der Waals surface area contributed by atoms with Gasteiger partial charge in [-0.1, -0.05) is 190 Å². The van der Waals surface area contributed by atoms with Crippen LogP contribution in [-0.2, 0) is 5.41 Å². The molecule has 0 amide bonds. The first-order chi connectivity index (χ1) is 36.8. The van der Waals surface area contributed by atoms with E-state index >= 15 is 0 Å². The minimum absolute atomic E-state index is 0.0221. The Bertz CT molecular complexity index is 3060. The molecule has 0 spiro atoms. The Morgan fingerprint density at radius 2 is 0.787 bits per heavy atom. The van der Waals surface area contributed by atoms with Gasteiger partial charge in [-0.05, 0) is 133 Å². The molecule has 3 aromatic heterocycles. The fraction of sp³-hybridized carbons (Fsp3) is 0.420. The second kappa shape index (κ2) is 26.5. The number of benzene rings is 5. The fourth-order valence-corrected chi connectivity index (χ4v) is 13.8. The van der Waals surface area contributed by atoms with E-state index in [1.165, 1.54) is 183 Å². The summed E-state index contributed by atoms with van der Waals surface area (Å²) in [5, 5.41) is 0. The average Bonchev–Trinajstić information content (AvgIpc) is 4.20. The molecule has 4 nitrogen and oxygen atoms in total.